The molecule has 0 aromatic heterocycles. The SMILES string of the molecule is CCO/N=C(\COc1ccc(CC(=O)O)cc1)c1cccc(Oc2ccccc2)c1. The minimum Gasteiger partial charge on any atom is -0.487 e. The van der Waals surface area contributed by atoms with Crippen LogP contribution in [0.5, 0.6) is 17.2 Å². The van der Waals surface area contributed by atoms with E-state index in [4.69, 9.17) is 19.4 Å². The number of ether oxygens (including phenoxy) is 2. The number of hydrogen-bond acceptors (Lipinski definition) is 5. The molecule has 0 aliphatic carbocycles. The zero-order valence-electron chi connectivity index (χ0n) is 16.7. The van der Waals surface area contributed by atoms with Gasteiger partial charge in [0, 0.05) is 5.56 Å². The van der Waals surface area contributed by atoms with Crippen LogP contribution in [0.2, 0.25) is 0 Å². The molecule has 0 aliphatic rings. The van der Waals surface area contributed by atoms with Gasteiger partial charge in [-0.1, -0.05) is 47.6 Å². The predicted molar refractivity (Wildman–Crippen MR) is 114 cm³/mol. The summed E-state index contributed by atoms with van der Waals surface area (Å²) in [4.78, 5) is 16.1. The number of para-hydroxylation sites is 1. The van der Waals surface area contributed by atoms with Gasteiger partial charge in [0.1, 0.15) is 36.2 Å². The van der Waals surface area contributed by atoms with E-state index in [1.807, 2.05) is 61.5 Å². The van der Waals surface area contributed by atoms with E-state index in [9.17, 15) is 4.79 Å². The third kappa shape index (κ3) is 6.38. The third-order valence-electron chi connectivity index (χ3n) is 4.10. The lowest BCUT2D eigenvalue weighted by atomic mass is 10.1. The Balaban J connectivity index is 1.71. The van der Waals surface area contributed by atoms with Crippen LogP contribution in [-0.2, 0) is 16.1 Å². The molecule has 0 aliphatic heterocycles. The van der Waals surface area contributed by atoms with Crippen molar-refractivity contribution >= 4 is 11.7 Å². The van der Waals surface area contributed by atoms with E-state index in [0.29, 0.717) is 29.4 Å². The number of nitrogens with zero attached hydrogens (tertiary/aromatic N) is 1. The fourth-order valence-corrected chi connectivity index (χ4v) is 2.70. The maximum atomic E-state index is 10.8. The average Bonchev–Trinajstić information content (AvgIpc) is 2.75. The second kappa shape index (κ2) is 10.7. The van der Waals surface area contributed by atoms with Crippen LogP contribution in [0.15, 0.2) is 84.0 Å². The number of oxime groups is 1. The quantitative estimate of drug-likeness (QED) is 0.382. The fraction of sp³-hybridized carbons (Fsp3) is 0.167. The highest BCUT2D eigenvalue weighted by Crippen LogP contribution is 2.22. The summed E-state index contributed by atoms with van der Waals surface area (Å²) >= 11 is 0. The molecule has 3 aromatic rings. The minimum atomic E-state index is -0.868. The van der Waals surface area contributed by atoms with Gasteiger partial charge in [0.25, 0.3) is 0 Å². The summed E-state index contributed by atoms with van der Waals surface area (Å²) in [5.41, 5.74) is 2.15. The van der Waals surface area contributed by atoms with Crippen LogP contribution in [0.1, 0.15) is 18.1 Å². The number of carbonyl (C=O) groups is 1. The Kier molecular flexibility index (Phi) is 7.44. The first-order chi connectivity index (χ1) is 14.6. The smallest absolute Gasteiger partial charge is 0.307 e. The van der Waals surface area contributed by atoms with E-state index in [2.05, 4.69) is 5.16 Å². The number of benzene rings is 3. The van der Waals surface area contributed by atoms with E-state index in [0.717, 1.165) is 11.3 Å². The molecule has 0 radical (unpaired) electrons. The Morgan fingerprint density at radius 2 is 1.63 bits per heavy atom. The van der Waals surface area contributed by atoms with Gasteiger partial charge in [0.05, 0.1) is 6.42 Å². The standard InChI is InChI=1S/C24H23NO5/c1-2-29-25-23(17-28-20-13-11-18(12-14-20)15-24(26)27)19-7-6-10-22(16-19)30-21-8-4-3-5-9-21/h3-14,16H,2,15,17H2,1H3,(H,26,27)/b25-23+. The molecule has 0 amide bonds. The van der Waals surface area contributed by atoms with Crippen molar-refractivity contribution in [2.75, 3.05) is 13.2 Å². The number of rotatable bonds is 10. The molecule has 0 fully saturated rings. The summed E-state index contributed by atoms with van der Waals surface area (Å²) < 4.78 is 11.7. The molecule has 0 heterocycles. The van der Waals surface area contributed by atoms with Crippen LogP contribution < -0.4 is 9.47 Å². The molecule has 0 unspecified atom stereocenters. The normalized spacial score (nSPS) is 11.0. The molecule has 6 nitrogen and oxygen atoms in total. The zero-order chi connectivity index (χ0) is 21.2. The maximum absolute atomic E-state index is 10.8. The van der Waals surface area contributed by atoms with E-state index in [1.165, 1.54) is 0 Å². The summed E-state index contributed by atoms with van der Waals surface area (Å²) in [5.74, 6) is 1.18. The van der Waals surface area contributed by atoms with Gasteiger partial charge < -0.3 is 19.4 Å². The van der Waals surface area contributed by atoms with Crippen LogP contribution in [-0.4, -0.2) is 30.0 Å². The highest BCUT2D eigenvalue weighted by Gasteiger charge is 2.09. The molecule has 0 saturated heterocycles. The number of hydrogen-bond donors (Lipinski definition) is 1. The Morgan fingerprint density at radius 3 is 2.33 bits per heavy atom. The molecule has 30 heavy (non-hydrogen) atoms. The molecule has 0 bridgehead atoms. The van der Waals surface area contributed by atoms with E-state index >= 15 is 0 Å². The van der Waals surface area contributed by atoms with Gasteiger partial charge >= 0.3 is 5.97 Å². The Bertz CT molecular complexity index is 984. The van der Waals surface area contributed by atoms with Gasteiger partial charge in [0.2, 0.25) is 0 Å². The van der Waals surface area contributed by atoms with Crippen LogP contribution in [0.4, 0.5) is 0 Å². The fourth-order valence-electron chi connectivity index (χ4n) is 2.70. The van der Waals surface area contributed by atoms with Gasteiger partial charge in [-0.3, -0.25) is 4.79 Å². The van der Waals surface area contributed by atoms with E-state index < -0.39 is 5.97 Å². The summed E-state index contributed by atoms with van der Waals surface area (Å²) in [5, 5.41) is 13.1. The minimum absolute atomic E-state index is 0.0223. The lowest BCUT2D eigenvalue weighted by Gasteiger charge is -2.11. The lowest BCUT2D eigenvalue weighted by Crippen LogP contribution is -2.14. The molecule has 3 aromatic carbocycles. The predicted octanol–water partition coefficient (Wildman–Crippen LogP) is 4.93. The van der Waals surface area contributed by atoms with Gasteiger partial charge in [-0.25, -0.2) is 0 Å². The molecule has 0 spiro atoms. The average molecular weight is 405 g/mol. The summed E-state index contributed by atoms with van der Waals surface area (Å²) in [7, 11) is 0. The molecule has 3 rings (SSSR count). The highest BCUT2D eigenvalue weighted by molar-refractivity contribution is 6.01. The zero-order valence-corrected chi connectivity index (χ0v) is 16.7. The van der Waals surface area contributed by atoms with Crippen LogP contribution in [0, 0.1) is 0 Å². The Hall–Kier alpha value is -3.80. The molecule has 0 atom stereocenters. The second-order valence-corrected chi connectivity index (χ2v) is 6.40. The van der Waals surface area contributed by atoms with Crippen molar-refractivity contribution in [3.8, 4) is 17.2 Å². The van der Waals surface area contributed by atoms with Crippen molar-refractivity contribution in [1.82, 2.24) is 0 Å². The number of carboxylic acid groups (broad SMARTS) is 1. The van der Waals surface area contributed by atoms with Crippen LogP contribution in [0.25, 0.3) is 0 Å². The second-order valence-electron chi connectivity index (χ2n) is 6.40. The lowest BCUT2D eigenvalue weighted by molar-refractivity contribution is -0.136. The summed E-state index contributed by atoms with van der Waals surface area (Å²) in [6, 6.07) is 24.0. The van der Waals surface area contributed by atoms with Crippen LogP contribution >= 0.6 is 0 Å². The van der Waals surface area contributed by atoms with Crippen LogP contribution in [0.3, 0.4) is 0 Å². The van der Waals surface area contributed by atoms with Gasteiger partial charge in [-0.2, -0.15) is 0 Å². The van der Waals surface area contributed by atoms with E-state index in [1.54, 1.807) is 24.3 Å². The number of aliphatic carboxylic acids is 1. The molecule has 0 saturated carbocycles. The van der Waals surface area contributed by atoms with Gasteiger partial charge in [-0.15, -0.1) is 0 Å². The van der Waals surface area contributed by atoms with Crippen molar-refractivity contribution in [2.24, 2.45) is 5.16 Å². The van der Waals surface area contributed by atoms with E-state index in [-0.39, 0.29) is 13.0 Å². The van der Waals surface area contributed by atoms with Crippen molar-refractivity contribution in [1.29, 1.82) is 0 Å². The Labute approximate surface area is 175 Å². The maximum Gasteiger partial charge on any atom is 0.307 e. The van der Waals surface area contributed by atoms with Gasteiger partial charge in [0.15, 0.2) is 0 Å². The largest absolute Gasteiger partial charge is 0.487 e. The first kappa shape index (κ1) is 20.9. The molecule has 1 N–H and O–H groups in total. The first-order valence-electron chi connectivity index (χ1n) is 9.59. The number of carboxylic acids is 1. The van der Waals surface area contributed by atoms with Crippen molar-refractivity contribution in [2.45, 2.75) is 13.3 Å². The highest BCUT2D eigenvalue weighted by atomic mass is 16.6. The van der Waals surface area contributed by atoms with Crippen molar-refractivity contribution < 1.29 is 24.2 Å². The molecule has 154 valence electrons. The van der Waals surface area contributed by atoms with Crippen molar-refractivity contribution in [3.63, 3.8) is 0 Å². The molecule has 6 heteroatoms. The van der Waals surface area contributed by atoms with Crippen molar-refractivity contribution in [3.05, 3.63) is 90.0 Å². The topological polar surface area (TPSA) is 77.4 Å². The monoisotopic (exact) mass is 405 g/mol. The molecular weight excluding hydrogens is 382 g/mol. The third-order valence-corrected chi connectivity index (χ3v) is 4.10. The summed E-state index contributed by atoms with van der Waals surface area (Å²) in [6.45, 7) is 2.48. The first-order valence-corrected chi connectivity index (χ1v) is 9.59. The van der Waals surface area contributed by atoms with Gasteiger partial charge in [-0.05, 0) is 48.9 Å². The molecular formula is C24H23NO5. The Morgan fingerprint density at radius 1 is 0.900 bits per heavy atom. The summed E-state index contributed by atoms with van der Waals surface area (Å²) in [6.07, 6.45) is -0.0223.